The predicted molar refractivity (Wildman–Crippen MR) is 66.8 cm³/mol. The number of rotatable bonds is 5. The Kier molecular flexibility index (Phi) is 4.78. The molecule has 1 rings (SSSR count). The second-order valence-electron chi connectivity index (χ2n) is 3.63. The molecule has 0 bridgehead atoms. The molecule has 1 atom stereocenters. The first kappa shape index (κ1) is 13.8. The molecule has 1 aromatic carbocycles. The van der Waals surface area contributed by atoms with E-state index in [4.69, 9.17) is 34.7 Å². The topological polar surface area (TPSA) is 86.2 Å². The Morgan fingerprint density at radius 3 is 2.41 bits per heavy atom. The molecule has 2 amide bonds. The monoisotopic (exact) mass is 274 g/mol. The van der Waals surface area contributed by atoms with Gasteiger partial charge in [-0.25, -0.2) is 0 Å². The summed E-state index contributed by atoms with van der Waals surface area (Å²) in [7, 11) is 0. The van der Waals surface area contributed by atoms with Crippen molar-refractivity contribution in [2.75, 3.05) is 0 Å². The smallest absolute Gasteiger partial charge is 0.225 e. The molecule has 92 valence electrons. The quantitative estimate of drug-likeness (QED) is 0.858. The lowest BCUT2D eigenvalue weighted by molar-refractivity contribution is -0.120. The van der Waals surface area contributed by atoms with E-state index in [1.165, 1.54) is 0 Å². The minimum atomic E-state index is -0.659. The van der Waals surface area contributed by atoms with Crippen LogP contribution in [0.1, 0.15) is 24.3 Å². The highest BCUT2D eigenvalue weighted by molar-refractivity contribution is 6.33. The van der Waals surface area contributed by atoms with Gasteiger partial charge in [0.15, 0.2) is 0 Å². The molecule has 4 N–H and O–H groups in total. The molecule has 0 radical (unpaired) electrons. The number of carbonyl (C=O) groups is 2. The van der Waals surface area contributed by atoms with Crippen molar-refractivity contribution in [2.24, 2.45) is 11.5 Å². The highest BCUT2D eigenvalue weighted by Gasteiger charge is 2.21. The van der Waals surface area contributed by atoms with Gasteiger partial charge < -0.3 is 11.5 Å². The normalized spacial score (nSPS) is 12.1. The molecule has 4 nitrogen and oxygen atoms in total. The van der Waals surface area contributed by atoms with Crippen LogP contribution in [0.15, 0.2) is 18.2 Å². The van der Waals surface area contributed by atoms with Crippen molar-refractivity contribution in [3.63, 3.8) is 0 Å². The van der Waals surface area contributed by atoms with Crippen molar-refractivity contribution in [3.8, 4) is 0 Å². The van der Waals surface area contributed by atoms with Gasteiger partial charge in [-0.15, -0.1) is 0 Å². The summed E-state index contributed by atoms with van der Waals surface area (Å²) in [6, 6.07) is 4.76. The lowest BCUT2D eigenvalue weighted by Gasteiger charge is -2.14. The van der Waals surface area contributed by atoms with E-state index in [0.717, 1.165) is 0 Å². The first-order valence-electron chi connectivity index (χ1n) is 4.94. The van der Waals surface area contributed by atoms with Crippen LogP contribution >= 0.6 is 23.2 Å². The molecule has 1 unspecified atom stereocenters. The highest BCUT2D eigenvalue weighted by atomic mass is 35.5. The Balaban J connectivity index is 3.00. The van der Waals surface area contributed by atoms with Gasteiger partial charge in [0.25, 0.3) is 0 Å². The second-order valence-corrected chi connectivity index (χ2v) is 4.47. The molecule has 0 aliphatic heterocycles. The van der Waals surface area contributed by atoms with Gasteiger partial charge in [-0.3, -0.25) is 9.59 Å². The van der Waals surface area contributed by atoms with Crippen molar-refractivity contribution in [2.45, 2.75) is 18.8 Å². The molecule has 6 heteroatoms. The fraction of sp³-hybridized carbons (Fsp3) is 0.273. The van der Waals surface area contributed by atoms with Crippen LogP contribution in [0.25, 0.3) is 0 Å². The Morgan fingerprint density at radius 1 is 1.24 bits per heavy atom. The van der Waals surface area contributed by atoms with Gasteiger partial charge in [0.1, 0.15) is 0 Å². The third-order valence-corrected chi connectivity index (χ3v) is 2.94. The molecular formula is C11H12Cl2N2O2. The number of hydrogen-bond acceptors (Lipinski definition) is 2. The molecular weight excluding hydrogens is 263 g/mol. The molecule has 0 aliphatic rings. The van der Waals surface area contributed by atoms with Crippen LogP contribution in [0.4, 0.5) is 0 Å². The van der Waals surface area contributed by atoms with Crippen LogP contribution < -0.4 is 11.5 Å². The summed E-state index contributed by atoms with van der Waals surface area (Å²) in [6.07, 6.45) is 0.293. The summed E-state index contributed by atoms with van der Waals surface area (Å²) >= 11 is 11.8. The Labute approximate surface area is 109 Å². The number of halogens is 2. The fourth-order valence-corrected chi connectivity index (χ4v) is 1.95. The van der Waals surface area contributed by atoms with E-state index >= 15 is 0 Å². The largest absolute Gasteiger partial charge is 0.370 e. The van der Waals surface area contributed by atoms with Gasteiger partial charge >= 0.3 is 0 Å². The highest BCUT2D eigenvalue weighted by Crippen LogP contribution is 2.30. The number of hydrogen-bond donors (Lipinski definition) is 2. The SMILES string of the molecule is NC(=O)CCC(C(N)=O)c1cc(Cl)ccc1Cl. The third kappa shape index (κ3) is 3.91. The molecule has 0 aliphatic carbocycles. The minimum Gasteiger partial charge on any atom is -0.370 e. The third-order valence-electron chi connectivity index (χ3n) is 2.36. The van der Waals surface area contributed by atoms with Gasteiger partial charge in [0, 0.05) is 16.5 Å². The van der Waals surface area contributed by atoms with Crippen LogP contribution in [0.3, 0.4) is 0 Å². The minimum absolute atomic E-state index is 0.0659. The van der Waals surface area contributed by atoms with Crippen LogP contribution in [-0.4, -0.2) is 11.8 Å². The van der Waals surface area contributed by atoms with Crippen molar-refractivity contribution in [1.29, 1.82) is 0 Å². The van der Waals surface area contributed by atoms with E-state index < -0.39 is 17.7 Å². The molecule has 0 saturated heterocycles. The van der Waals surface area contributed by atoms with Crippen LogP contribution in [0.2, 0.25) is 10.0 Å². The van der Waals surface area contributed by atoms with Crippen LogP contribution in [0, 0.1) is 0 Å². The zero-order chi connectivity index (χ0) is 13.0. The second kappa shape index (κ2) is 5.89. The predicted octanol–water partition coefficient (Wildman–Crippen LogP) is 1.83. The van der Waals surface area contributed by atoms with Crippen LogP contribution in [-0.2, 0) is 9.59 Å². The Bertz CT molecular complexity index is 449. The number of amides is 2. The van der Waals surface area contributed by atoms with Gasteiger partial charge in [0.2, 0.25) is 11.8 Å². The van der Waals surface area contributed by atoms with E-state index in [2.05, 4.69) is 0 Å². The first-order valence-corrected chi connectivity index (χ1v) is 5.70. The van der Waals surface area contributed by atoms with Gasteiger partial charge in [0.05, 0.1) is 5.92 Å². The standard InChI is InChI=1S/C11H12Cl2N2O2/c12-6-1-3-9(13)8(5-6)7(11(15)17)2-4-10(14)16/h1,3,5,7H,2,4H2,(H2,14,16)(H2,15,17). The Hall–Kier alpha value is -1.26. The zero-order valence-corrected chi connectivity index (χ0v) is 10.5. The van der Waals surface area contributed by atoms with Crippen molar-refractivity contribution in [3.05, 3.63) is 33.8 Å². The summed E-state index contributed by atoms with van der Waals surface area (Å²) in [5.74, 6) is -1.71. The number of carbonyl (C=O) groups excluding carboxylic acids is 2. The van der Waals surface area contributed by atoms with Crippen LogP contribution in [0.5, 0.6) is 0 Å². The maximum absolute atomic E-state index is 11.3. The lowest BCUT2D eigenvalue weighted by Crippen LogP contribution is -2.23. The average molecular weight is 275 g/mol. The summed E-state index contributed by atoms with van der Waals surface area (Å²) in [5.41, 5.74) is 10.8. The zero-order valence-electron chi connectivity index (χ0n) is 8.95. The average Bonchev–Trinajstić information content (AvgIpc) is 2.22. The summed E-state index contributed by atoms with van der Waals surface area (Å²) in [5, 5.41) is 0.845. The molecule has 0 fully saturated rings. The van der Waals surface area contributed by atoms with Gasteiger partial charge in [-0.1, -0.05) is 23.2 Å². The van der Waals surface area contributed by atoms with E-state index in [0.29, 0.717) is 15.6 Å². The van der Waals surface area contributed by atoms with Crippen molar-refractivity contribution in [1.82, 2.24) is 0 Å². The molecule has 0 saturated carbocycles. The fourth-order valence-electron chi connectivity index (χ4n) is 1.52. The Morgan fingerprint density at radius 2 is 1.88 bits per heavy atom. The molecule has 0 aromatic heterocycles. The number of benzene rings is 1. The molecule has 17 heavy (non-hydrogen) atoms. The van der Waals surface area contributed by atoms with E-state index in [1.54, 1.807) is 18.2 Å². The van der Waals surface area contributed by atoms with Crippen molar-refractivity contribution < 1.29 is 9.59 Å². The van der Waals surface area contributed by atoms with E-state index in [1.807, 2.05) is 0 Å². The maximum atomic E-state index is 11.3. The summed E-state index contributed by atoms with van der Waals surface area (Å²) in [4.78, 5) is 22.1. The molecule has 1 aromatic rings. The van der Waals surface area contributed by atoms with E-state index in [-0.39, 0.29) is 12.8 Å². The van der Waals surface area contributed by atoms with Gasteiger partial charge in [-0.2, -0.15) is 0 Å². The van der Waals surface area contributed by atoms with E-state index in [9.17, 15) is 9.59 Å². The maximum Gasteiger partial charge on any atom is 0.225 e. The summed E-state index contributed by atoms with van der Waals surface area (Å²) < 4.78 is 0. The molecule has 0 heterocycles. The summed E-state index contributed by atoms with van der Waals surface area (Å²) in [6.45, 7) is 0. The lowest BCUT2D eigenvalue weighted by atomic mass is 9.93. The molecule has 0 spiro atoms. The first-order chi connectivity index (χ1) is 7.91. The number of nitrogens with two attached hydrogens (primary N) is 2. The van der Waals surface area contributed by atoms with Gasteiger partial charge in [-0.05, 0) is 30.2 Å². The van der Waals surface area contributed by atoms with Crippen molar-refractivity contribution >= 4 is 35.0 Å². The number of primary amides is 2.